The number of nitrogens with one attached hydrogen (secondary N) is 1. The number of benzene rings is 1. The topological polar surface area (TPSA) is 79.0 Å². The number of ether oxygens (including phenoxy) is 1. The lowest BCUT2D eigenvalue weighted by molar-refractivity contribution is -0.121. The van der Waals surface area contributed by atoms with Gasteiger partial charge in [-0.1, -0.05) is 12.1 Å². The van der Waals surface area contributed by atoms with E-state index in [0.717, 1.165) is 31.6 Å². The van der Waals surface area contributed by atoms with Crippen molar-refractivity contribution in [3.05, 3.63) is 24.3 Å². The number of sulfonamides is 1. The number of hydrogen-bond acceptors (Lipinski definition) is 5. The van der Waals surface area contributed by atoms with Crippen molar-refractivity contribution in [2.24, 2.45) is 0 Å². The van der Waals surface area contributed by atoms with Crippen LogP contribution in [-0.2, 0) is 19.6 Å². The molecule has 7 nitrogen and oxygen atoms in total. The van der Waals surface area contributed by atoms with Crippen LogP contribution in [0.25, 0.3) is 0 Å². The molecule has 2 fully saturated rings. The number of amides is 1. The summed E-state index contributed by atoms with van der Waals surface area (Å²) in [7, 11) is -3.49. The Balaban J connectivity index is 1.79. The van der Waals surface area contributed by atoms with E-state index in [4.69, 9.17) is 4.74 Å². The highest BCUT2D eigenvalue weighted by Crippen LogP contribution is 2.31. The van der Waals surface area contributed by atoms with Crippen molar-refractivity contribution in [2.45, 2.75) is 25.3 Å². The first-order valence-electron chi connectivity index (χ1n) is 8.64. The largest absolute Gasteiger partial charge is 0.378 e. The molecule has 1 amide bonds. The van der Waals surface area contributed by atoms with Crippen LogP contribution in [0.4, 0.5) is 11.4 Å². The Morgan fingerprint density at radius 3 is 2.60 bits per heavy atom. The van der Waals surface area contributed by atoms with Crippen molar-refractivity contribution in [2.75, 3.05) is 48.3 Å². The zero-order valence-electron chi connectivity index (χ0n) is 14.5. The summed E-state index contributed by atoms with van der Waals surface area (Å²) in [5, 5.41) is 2.90. The Hall–Kier alpha value is -1.80. The molecule has 138 valence electrons. The van der Waals surface area contributed by atoms with Gasteiger partial charge < -0.3 is 15.0 Å². The molecule has 1 aromatic carbocycles. The molecule has 0 aromatic heterocycles. The summed E-state index contributed by atoms with van der Waals surface area (Å²) in [6.07, 6.45) is 3.37. The van der Waals surface area contributed by atoms with Gasteiger partial charge in [0, 0.05) is 32.1 Å². The van der Waals surface area contributed by atoms with Gasteiger partial charge in [-0.3, -0.25) is 9.10 Å². The van der Waals surface area contributed by atoms with E-state index in [-0.39, 0.29) is 24.9 Å². The van der Waals surface area contributed by atoms with Crippen molar-refractivity contribution in [1.29, 1.82) is 0 Å². The maximum Gasteiger partial charge on any atom is 0.232 e. The predicted octanol–water partition coefficient (Wildman–Crippen LogP) is 0.958. The van der Waals surface area contributed by atoms with Crippen LogP contribution in [0, 0.1) is 0 Å². The van der Waals surface area contributed by atoms with E-state index in [1.807, 2.05) is 18.2 Å². The second-order valence-corrected chi connectivity index (χ2v) is 8.42. The Morgan fingerprint density at radius 2 is 1.96 bits per heavy atom. The molecule has 0 bridgehead atoms. The van der Waals surface area contributed by atoms with Gasteiger partial charge in [-0.25, -0.2) is 8.42 Å². The van der Waals surface area contributed by atoms with E-state index in [0.29, 0.717) is 18.9 Å². The van der Waals surface area contributed by atoms with Gasteiger partial charge in [0.05, 0.1) is 30.8 Å². The van der Waals surface area contributed by atoms with E-state index < -0.39 is 10.0 Å². The Morgan fingerprint density at radius 1 is 1.28 bits per heavy atom. The lowest BCUT2D eigenvalue weighted by Crippen LogP contribution is -2.39. The summed E-state index contributed by atoms with van der Waals surface area (Å²) in [5.74, 6) is -0.0972. The third-order valence-electron chi connectivity index (χ3n) is 4.39. The third-order valence-corrected chi connectivity index (χ3v) is 5.57. The van der Waals surface area contributed by atoms with Gasteiger partial charge in [-0.2, -0.15) is 0 Å². The molecule has 1 saturated heterocycles. The number of morpholine rings is 1. The van der Waals surface area contributed by atoms with E-state index in [2.05, 4.69) is 10.2 Å². The number of anilines is 2. The van der Waals surface area contributed by atoms with Crippen molar-refractivity contribution in [3.8, 4) is 0 Å². The molecular formula is C17H25N3O4S. The summed E-state index contributed by atoms with van der Waals surface area (Å²) < 4.78 is 31.5. The fraction of sp³-hybridized carbons (Fsp3) is 0.588. The maximum absolute atomic E-state index is 12.4. The summed E-state index contributed by atoms with van der Waals surface area (Å²) in [6.45, 7) is 2.82. The molecule has 1 heterocycles. The van der Waals surface area contributed by atoms with Crippen LogP contribution < -0.4 is 14.5 Å². The molecule has 1 aromatic rings. The number of rotatable bonds is 7. The Bertz CT molecular complexity index is 712. The lowest BCUT2D eigenvalue weighted by Gasteiger charge is -2.33. The molecule has 1 aliphatic carbocycles. The molecule has 8 heteroatoms. The van der Waals surface area contributed by atoms with E-state index in [9.17, 15) is 13.2 Å². The van der Waals surface area contributed by atoms with Gasteiger partial charge in [-0.15, -0.1) is 0 Å². The summed E-state index contributed by atoms with van der Waals surface area (Å²) in [5.41, 5.74) is 1.48. The van der Waals surface area contributed by atoms with Crippen LogP contribution in [0.2, 0.25) is 0 Å². The van der Waals surface area contributed by atoms with Crippen LogP contribution >= 0.6 is 0 Å². The van der Waals surface area contributed by atoms with Gasteiger partial charge in [0.1, 0.15) is 0 Å². The second kappa shape index (κ2) is 7.61. The zero-order valence-corrected chi connectivity index (χ0v) is 15.3. The first kappa shape index (κ1) is 18.0. The fourth-order valence-electron chi connectivity index (χ4n) is 2.94. The number of carbonyl (C=O) groups excluding carboxylic acids is 1. The van der Waals surface area contributed by atoms with Gasteiger partial charge in [0.2, 0.25) is 15.9 Å². The quantitative estimate of drug-likeness (QED) is 0.777. The number of hydrogen-bond donors (Lipinski definition) is 1. The average molecular weight is 367 g/mol. The monoisotopic (exact) mass is 367 g/mol. The molecule has 2 aliphatic rings. The molecule has 3 rings (SSSR count). The number of carbonyl (C=O) groups is 1. The Kier molecular flexibility index (Phi) is 5.48. The minimum absolute atomic E-state index is 0.0972. The highest BCUT2D eigenvalue weighted by Gasteiger charge is 2.26. The molecule has 1 aliphatic heterocycles. The van der Waals surface area contributed by atoms with Gasteiger partial charge in [-0.05, 0) is 25.0 Å². The van der Waals surface area contributed by atoms with Gasteiger partial charge in [0.25, 0.3) is 0 Å². The summed E-state index contributed by atoms with van der Waals surface area (Å²) >= 11 is 0. The van der Waals surface area contributed by atoms with Crippen molar-refractivity contribution in [3.63, 3.8) is 0 Å². The summed E-state index contributed by atoms with van der Waals surface area (Å²) in [4.78, 5) is 14.1. The first-order valence-corrected chi connectivity index (χ1v) is 10.5. The third kappa shape index (κ3) is 4.85. The summed E-state index contributed by atoms with van der Waals surface area (Å²) in [6, 6.07) is 7.71. The minimum Gasteiger partial charge on any atom is -0.378 e. The second-order valence-electron chi connectivity index (χ2n) is 6.52. The minimum atomic E-state index is -3.49. The highest BCUT2D eigenvalue weighted by atomic mass is 32.2. The van der Waals surface area contributed by atoms with Gasteiger partial charge >= 0.3 is 0 Å². The molecule has 1 N–H and O–H groups in total. The fourth-order valence-corrected chi connectivity index (χ4v) is 3.88. The van der Waals surface area contributed by atoms with E-state index in [1.165, 1.54) is 10.6 Å². The van der Waals surface area contributed by atoms with E-state index in [1.54, 1.807) is 6.07 Å². The lowest BCUT2D eigenvalue weighted by atomic mass is 10.2. The SMILES string of the molecule is CS(=O)(=O)N(CCC(=O)NC1CC1)c1ccccc1N1CCOCC1. The smallest absolute Gasteiger partial charge is 0.232 e. The molecule has 0 radical (unpaired) electrons. The molecule has 25 heavy (non-hydrogen) atoms. The van der Waals surface area contributed by atoms with Gasteiger partial charge in [0.15, 0.2) is 0 Å². The van der Waals surface area contributed by atoms with Crippen molar-refractivity contribution >= 4 is 27.3 Å². The molecule has 0 spiro atoms. The van der Waals surface area contributed by atoms with Crippen molar-refractivity contribution in [1.82, 2.24) is 5.32 Å². The predicted molar refractivity (Wildman–Crippen MR) is 97.4 cm³/mol. The van der Waals surface area contributed by atoms with Crippen molar-refractivity contribution < 1.29 is 17.9 Å². The first-order chi connectivity index (χ1) is 11.9. The Labute approximate surface area is 149 Å². The van der Waals surface area contributed by atoms with Crippen LogP contribution in [-0.4, -0.2) is 59.5 Å². The molecular weight excluding hydrogens is 342 g/mol. The van der Waals surface area contributed by atoms with Crippen LogP contribution in [0.3, 0.4) is 0 Å². The average Bonchev–Trinajstić information content (AvgIpc) is 3.39. The molecule has 1 saturated carbocycles. The molecule has 0 unspecified atom stereocenters. The van der Waals surface area contributed by atoms with Crippen LogP contribution in [0.5, 0.6) is 0 Å². The standard InChI is InChI=1S/C17H25N3O4S/c1-25(22,23)20(9-8-17(21)18-14-6-7-14)16-5-3-2-4-15(16)19-10-12-24-13-11-19/h2-5,14H,6-13H2,1H3,(H,18,21). The normalized spacial score (nSPS) is 18.0. The van der Waals surface area contributed by atoms with E-state index >= 15 is 0 Å². The van der Waals surface area contributed by atoms with Crippen LogP contribution in [0.15, 0.2) is 24.3 Å². The highest BCUT2D eigenvalue weighted by molar-refractivity contribution is 7.92. The number of nitrogens with zero attached hydrogens (tertiary/aromatic N) is 2. The number of para-hydroxylation sites is 2. The van der Waals surface area contributed by atoms with Crippen LogP contribution in [0.1, 0.15) is 19.3 Å². The maximum atomic E-state index is 12.4. The zero-order chi connectivity index (χ0) is 17.9. The molecule has 0 atom stereocenters.